The molecule has 0 atom stereocenters. The number of nitrogens with zero attached hydrogens (tertiary/aromatic N) is 3. The number of fused-ring (bicyclic) bond motifs is 1. The second kappa shape index (κ2) is 4.18. The van der Waals surface area contributed by atoms with Crippen molar-refractivity contribution in [3.05, 3.63) is 47.8 Å². The average molecular weight is 242 g/mol. The van der Waals surface area contributed by atoms with E-state index in [4.69, 9.17) is 5.73 Å². The summed E-state index contributed by atoms with van der Waals surface area (Å²) in [6, 6.07) is 9.95. The van der Waals surface area contributed by atoms with Gasteiger partial charge in [-0.3, -0.25) is 9.48 Å². The van der Waals surface area contributed by atoms with E-state index in [1.165, 1.54) is 0 Å². The number of hydrogen-bond acceptors (Lipinski definition) is 3. The summed E-state index contributed by atoms with van der Waals surface area (Å²) in [6.07, 6.45) is 1.54. The minimum atomic E-state index is -0.0416. The van der Waals surface area contributed by atoms with E-state index in [2.05, 4.69) is 5.10 Å². The number of anilines is 1. The summed E-state index contributed by atoms with van der Waals surface area (Å²) in [5.74, 6) is -0.0416. The highest BCUT2D eigenvalue weighted by atomic mass is 16.2. The first-order chi connectivity index (χ1) is 8.75. The summed E-state index contributed by atoms with van der Waals surface area (Å²) >= 11 is 0. The van der Waals surface area contributed by atoms with Crippen LogP contribution in [0.3, 0.4) is 0 Å². The zero-order chi connectivity index (χ0) is 12.5. The van der Waals surface area contributed by atoms with Gasteiger partial charge in [-0.15, -0.1) is 0 Å². The minimum absolute atomic E-state index is 0.0416. The van der Waals surface area contributed by atoms with Gasteiger partial charge < -0.3 is 10.6 Å². The van der Waals surface area contributed by atoms with Gasteiger partial charge in [0.15, 0.2) is 0 Å². The Bertz CT molecular complexity index is 576. The fourth-order valence-electron chi connectivity index (χ4n) is 2.22. The number of nitrogen functional groups attached to an aromatic ring is 1. The van der Waals surface area contributed by atoms with Gasteiger partial charge >= 0.3 is 0 Å². The van der Waals surface area contributed by atoms with Crippen molar-refractivity contribution < 1.29 is 4.79 Å². The predicted molar refractivity (Wildman–Crippen MR) is 67.8 cm³/mol. The molecule has 18 heavy (non-hydrogen) atoms. The Morgan fingerprint density at radius 3 is 2.78 bits per heavy atom. The van der Waals surface area contributed by atoms with Gasteiger partial charge in [0.2, 0.25) is 0 Å². The average Bonchev–Trinajstić information content (AvgIpc) is 2.77. The van der Waals surface area contributed by atoms with Crippen molar-refractivity contribution in [2.45, 2.75) is 13.1 Å². The Kier molecular flexibility index (Phi) is 2.51. The summed E-state index contributed by atoms with van der Waals surface area (Å²) in [5.41, 5.74) is 7.87. The molecule has 0 fully saturated rings. The third kappa shape index (κ3) is 1.73. The van der Waals surface area contributed by atoms with Crippen LogP contribution in [0, 0.1) is 0 Å². The van der Waals surface area contributed by atoms with Gasteiger partial charge in [0.1, 0.15) is 5.69 Å². The number of aromatic nitrogens is 2. The largest absolute Gasteiger partial charge is 0.396 e. The third-order valence-corrected chi connectivity index (χ3v) is 3.16. The van der Waals surface area contributed by atoms with Gasteiger partial charge in [-0.25, -0.2) is 0 Å². The highest BCUT2D eigenvalue weighted by Gasteiger charge is 2.27. The van der Waals surface area contributed by atoms with Crippen molar-refractivity contribution in [3.8, 4) is 0 Å². The van der Waals surface area contributed by atoms with E-state index in [1.807, 2.05) is 35.2 Å². The second-order valence-corrected chi connectivity index (χ2v) is 4.38. The molecule has 0 spiro atoms. The molecule has 0 bridgehead atoms. The maximum atomic E-state index is 12.3. The zero-order valence-electron chi connectivity index (χ0n) is 9.91. The first kappa shape index (κ1) is 10.8. The zero-order valence-corrected chi connectivity index (χ0v) is 9.91. The Hall–Kier alpha value is -2.30. The van der Waals surface area contributed by atoms with Crippen LogP contribution in [0.4, 0.5) is 5.69 Å². The summed E-state index contributed by atoms with van der Waals surface area (Å²) in [6.45, 7) is 1.98. The quantitative estimate of drug-likeness (QED) is 0.858. The normalized spacial score (nSPS) is 14.7. The Morgan fingerprint density at radius 2 is 2.00 bits per heavy atom. The standard InChI is InChI=1S/C13H14N4O/c14-11-8-15-17-7-6-16(13(18)12(11)17)9-10-4-2-1-3-5-10/h1-5,8H,6-7,9,14H2. The first-order valence-electron chi connectivity index (χ1n) is 5.90. The molecule has 0 unspecified atom stereocenters. The van der Waals surface area contributed by atoms with Gasteiger partial charge in [-0.2, -0.15) is 5.10 Å². The lowest BCUT2D eigenvalue weighted by atomic mass is 10.2. The van der Waals surface area contributed by atoms with Crippen molar-refractivity contribution in [2.24, 2.45) is 0 Å². The van der Waals surface area contributed by atoms with Crippen molar-refractivity contribution >= 4 is 11.6 Å². The van der Waals surface area contributed by atoms with E-state index < -0.39 is 0 Å². The van der Waals surface area contributed by atoms with Crippen LogP contribution in [-0.2, 0) is 13.1 Å². The fraction of sp³-hybridized carbons (Fsp3) is 0.231. The van der Waals surface area contributed by atoms with E-state index in [0.29, 0.717) is 31.0 Å². The molecule has 5 heteroatoms. The van der Waals surface area contributed by atoms with Crippen LogP contribution in [0.5, 0.6) is 0 Å². The number of nitrogens with two attached hydrogens (primary N) is 1. The molecular weight excluding hydrogens is 228 g/mol. The monoisotopic (exact) mass is 242 g/mol. The summed E-state index contributed by atoms with van der Waals surface area (Å²) in [5, 5.41) is 4.09. The number of benzene rings is 1. The molecule has 3 rings (SSSR count). The molecule has 1 aliphatic heterocycles. The van der Waals surface area contributed by atoms with Crippen LogP contribution >= 0.6 is 0 Å². The lowest BCUT2D eigenvalue weighted by molar-refractivity contribution is 0.0685. The molecule has 0 saturated carbocycles. The molecule has 1 amide bonds. The van der Waals surface area contributed by atoms with Crippen molar-refractivity contribution in [1.82, 2.24) is 14.7 Å². The Balaban J connectivity index is 1.85. The summed E-state index contributed by atoms with van der Waals surface area (Å²) < 4.78 is 1.68. The van der Waals surface area contributed by atoms with Crippen molar-refractivity contribution in [3.63, 3.8) is 0 Å². The van der Waals surface area contributed by atoms with Crippen molar-refractivity contribution in [2.75, 3.05) is 12.3 Å². The number of rotatable bonds is 2. The molecule has 1 aromatic heterocycles. The van der Waals surface area contributed by atoms with Crippen LogP contribution in [0.2, 0.25) is 0 Å². The van der Waals surface area contributed by atoms with Crippen molar-refractivity contribution in [1.29, 1.82) is 0 Å². The SMILES string of the molecule is Nc1cnn2c1C(=O)N(Cc1ccccc1)CC2. The summed E-state index contributed by atoms with van der Waals surface area (Å²) in [4.78, 5) is 14.1. The van der Waals surface area contributed by atoms with Crippen LogP contribution in [0.15, 0.2) is 36.5 Å². The van der Waals surface area contributed by atoms with Crippen LogP contribution < -0.4 is 5.73 Å². The van der Waals surface area contributed by atoms with Crippen LogP contribution in [0.25, 0.3) is 0 Å². The smallest absolute Gasteiger partial charge is 0.274 e. The number of carbonyl (C=O) groups excluding carboxylic acids is 1. The fourth-order valence-corrected chi connectivity index (χ4v) is 2.22. The molecule has 0 radical (unpaired) electrons. The summed E-state index contributed by atoms with van der Waals surface area (Å²) in [7, 11) is 0. The molecule has 0 aliphatic carbocycles. The lowest BCUT2D eigenvalue weighted by Crippen LogP contribution is -2.40. The number of amides is 1. The highest BCUT2D eigenvalue weighted by Crippen LogP contribution is 2.19. The van der Waals surface area contributed by atoms with Gasteiger partial charge in [0.25, 0.3) is 5.91 Å². The maximum Gasteiger partial charge on any atom is 0.274 e. The van der Waals surface area contributed by atoms with Gasteiger partial charge in [0.05, 0.1) is 18.4 Å². The first-order valence-corrected chi connectivity index (χ1v) is 5.90. The van der Waals surface area contributed by atoms with E-state index >= 15 is 0 Å². The molecule has 5 nitrogen and oxygen atoms in total. The van der Waals surface area contributed by atoms with Gasteiger partial charge in [-0.1, -0.05) is 30.3 Å². The molecule has 1 aromatic carbocycles. The molecule has 2 aromatic rings. The van der Waals surface area contributed by atoms with E-state index in [-0.39, 0.29) is 5.91 Å². The van der Waals surface area contributed by atoms with Gasteiger partial charge in [0, 0.05) is 13.1 Å². The third-order valence-electron chi connectivity index (χ3n) is 3.16. The van der Waals surface area contributed by atoms with E-state index in [0.717, 1.165) is 5.56 Å². The molecule has 2 heterocycles. The molecule has 0 saturated heterocycles. The number of hydrogen-bond donors (Lipinski definition) is 1. The molecule has 1 aliphatic rings. The van der Waals surface area contributed by atoms with Crippen LogP contribution in [0.1, 0.15) is 16.1 Å². The molecular formula is C13H14N4O. The Morgan fingerprint density at radius 1 is 1.22 bits per heavy atom. The van der Waals surface area contributed by atoms with Crippen LogP contribution in [-0.4, -0.2) is 27.1 Å². The predicted octanol–water partition coefficient (Wildman–Crippen LogP) is 1.12. The van der Waals surface area contributed by atoms with E-state index in [9.17, 15) is 4.79 Å². The highest BCUT2D eigenvalue weighted by molar-refractivity contribution is 5.97. The minimum Gasteiger partial charge on any atom is -0.396 e. The maximum absolute atomic E-state index is 12.3. The number of carbonyl (C=O) groups is 1. The Labute approximate surface area is 105 Å². The molecule has 92 valence electrons. The molecule has 2 N–H and O–H groups in total. The van der Waals surface area contributed by atoms with Gasteiger partial charge in [-0.05, 0) is 5.56 Å². The van der Waals surface area contributed by atoms with E-state index in [1.54, 1.807) is 10.9 Å². The lowest BCUT2D eigenvalue weighted by Gasteiger charge is -2.27. The topological polar surface area (TPSA) is 64.1 Å². The second-order valence-electron chi connectivity index (χ2n) is 4.38.